The molecule has 0 aromatic heterocycles. The maximum absolute atomic E-state index is 12.5. The van der Waals surface area contributed by atoms with E-state index in [9.17, 15) is 19.2 Å². The second kappa shape index (κ2) is 9.21. The smallest absolute Gasteiger partial charge is 0.312 e. The van der Waals surface area contributed by atoms with Gasteiger partial charge in [-0.25, -0.2) is 0 Å². The summed E-state index contributed by atoms with van der Waals surface area (Å²) in [6.07, 6.45) is 0. The molecule has 0 atom stereocenters. The van der Waals surface area contributed by atoms with Gasteiger partial charge in [0.15, 0.2) is 0 Å². The molecule has 2 aromatic carbocycles. The number of aryl methyl sites for hydroxylation is 1. The average Bonchev–Trinajstić information content (AvgIpc) is 2.69. The summed E-state index contributed by atoms with van der Waals surface area (Å²) in [7, 11) is 0. The van der Waals surface area contributed by atoms with Gasteiger partial charge in [0.2, 0.25) is 11.8 Å². The minimum atomic E-state index is -0.676. The second-order valence-corrected chi connectivity index (χ2v) is 7.25. The molecule has 1 heterocycles. The first-order valence-corrected chi connectivity index (χ1v) is 9.63. The molecular weight excluding hydrogens is 384 g/mol. The molecule has 4 amide bonds. The Bertz CT molecular complexity index is 971. The molecule has 1 aliphatic rings. The van der Waals surface area contributed by atoms with Crippen molar-refractivity contribution < 1.29 is 19.2 Å². The van der Waals surface area contributed by atoms with Gasteiger partial charge in [-0.1, -0.05) is 29.8 Å². The van der Waals surface area contributed by atoms with Gasteiger partial charge in [0.1, 0.15) is 6.54 Å². The van der Waals surface area contributed by atoms with Crippen LogP contribution in [0.5, 0.6) is 0 Å². The fourth-order valence-corrected chi connectivity index (χ4v) is 3.26. The molecule has 0 unspecified atom stereocenters. The van der Waals surface area contributed by atoms with Crippen LogP contribution in [0.15, 0.2) is 48.5 Å². The molecule has 1 saturated heterocycles. The average molecular weight is 408 g/mol. The number of hydrogen-bond donors (Lipinski definition) is 2. The molecule has 8 nitrogen and oxygen atoms in total. The number of carbonyl (C=O) groups is 4. The number of anilines is 2. The third-order valence-electron chi connectivity index (χ3n) is 4.68. The van der Waals surface area contributed by atoms with Crippen molar-refractivity contribution in [1.29, 1.82) is 0 Å². The zero-order valence-corrected chi connectivity index (χ0v) is 17.0. The quantitative estimate of drug-likeness (QED) is 0.712. The number of carbonyl (C=O) groups excluding carboxylic acids is 4. The molecule has 2 N–H and O–H groups in total. The number of amides is 4. The summed E-state index contributed by atoms with van der Waals surface area (Å²) in [5, 5.41) is 5.33. The van der Waals surface area contributed by atoms with Crippen molar-refractivity contribution in [2.24, 2.45) is 0 Å². The predicted octanol–water partition coefficient (Wildman–Crippen LogP) is 1.76. The van der Waals surface area contributed by atoms with E-state index in [1.807, 2.05) is 31.2 Å². The van der Waals surface area contributed by atoms with Gasteiger partial charge in [0.05, 0.1) is 0 Å². The third-order valence-corrected chi connectivity index (χ3v) is 4.68. The molecule has 30 heavy (non-hydrogen) atoms. The Morgan fingerprint density at radius 3 is 2.13 bits per heavy atom. The molecule has 3 rings (SSSR count). The van der Waals surface area contributed by atoms with Gasteiger partial charge in [0, 0.05) is 37.9 Å². The van der Waals surface area contributed by atoms with E-state index in [2.05, 4.69) is 10.6 Å². The zero-order valence-electron chi connectivity index (χ0n) is 17.0. The highest BCUT2D eigenvalue weighted by molar-refractivity contribution is 6.35. The number of benzene rings is 2. The van der Waals surface area contributed by atoms with Gasteiger partial charge >= 0.3 is 11.8 Å². The van der Waals surface area contributed by atoms with Crippen molar-refractivity contribution in [2.45, 2.75) is 20.4 Å². The van der Waals surface area contributed by atoms with Crippen LogP contribution in [-0.4, -0.2) is 53.1 Å². The highest BCUT2D eigenvalue weighted by atomic mass is 16.2. The normalized spacial score (nSPS) is 13.9. The van der Waals surface area contributed by atoms with Gasteiger partial charge < -0.3 is 20.4 Å². The number of nitrogens with one attached hydrogen (secondary N) is 2. The third kappa shape index (κ3) is 5.44. The van der Waals surface area contributed by atoms with Crippen molar-refractivity contribution >= 4 is 35.0 Å². The van der Waals surface area contributed by atoms with E-state index >= 15 is 0 Å². The Hall–Kier alpha value is -3.68. The topological polar surface area (TPSA) is 98.8 Å². The van der Waals surface area contributed by atoms with E-state index in [1.54, 1.807) is 24.3 Å². The largest absolute Gasteiger partial charge is 0.328 e. The molecule has 8 heteroatoms. The summed E-state index contributed by atoms with van der Waals surface area (Å²) < 4.78 is 0. The molecule has 1 fully saturated rings. The minimum absolute atomic E-state index is 0.184. The monoisotopic (exact) mass is 408 g/mol. The highest BCUT2D eigenvalue weighted by Crippen LogP contribution is 2.15. The summed E-state index contributed by atoms with van der Waals surface area (Å²) in [6.45, 7) is 4.22. The molecule has 1 aliphatic heterocycles. The molecular formula is C22H24N4O4. The summed E-state index contributed by atoms with van der Waals surface area (Å²) >= 11 is 0. The zero-order chi connectivity index (χ0) is 21.7. The van der Waals surface area contributed by atoms with Gasteiger partial charge in [-0.15, -0.1) is 0 Å². The van der Waals surface area contributed by atoms with Crippen LogP contribution in [0.2, 0.25) is 0 Å². The van der Waals surface area contributed by atoms with E-state index in [-0.39, 0.29) is 12.5 Å². The summed E-state index contributed by atoms with van der Waals surface area (Å²) in [5.74, 6) is -1.85. The fourth-order valence-electron chi connectivity index (χ4n) is 3.26. The first kappa shape index (κ1) is 21.0. The van der Waals surface area contributed by atoms with Crippen molar-refractivity contribution in [3.63, 3.8) is 0 Å². The van der Waals surface area contributed by atoms with Crippen LogP contribution in [0.3, 0.4) is 0 Å². The Morgan fingerprint density at radius 2 is 1.50 bits per heavy atom. The molecule has 156 valence electrons. The first-order valence-electron chi connectivity index (χ1n) is 9.63. The molecule has 0 aliphatic carbocycles. The van der Waals surface area contributed by atoms with Crippen molar-refractivity contribution in [1.82, 2.24) is 9.80 Å². The molecule has 0 spiro atoms. The lowest BCUT2D eigenvalue weighted by atomic mass is 10.1. The lowest BCUT2D eigenvalue weighted by Crippen LogP contribution is -2.55. The van der Waals surface area contributed by atoms with Crippen LogP contribution in [0.1, 0.15) is 18.1 Å². The van der Waals surface area contributed by atoms with E-state index in [4.69, 9.17) is 0 Å². The van der Waals surface area contributed by atoms with Crippen LogP contribution in [0.4, 0.5) is 11.4 Å². The number of piperazine rings is 1. The van der Waals surface area contributed by atoms with Gasteiger partial charge in [0.25, 0.3) is 0 Å². The molecule has 0 radical (unpaired) electrons. The van der Waals surface area contributed by atoms with Crippen LogP contribution in [0.25, 0.3) is 0 Å². The van der Waals surface area contributed by atoms with E-state index in [1.165, 1.54) is 16.7 Å². The highest BCUT2D eigenvalue weighted by Gasteiger charge is 2.33. The number of rotatable bonds is 6. The summed E-state index contributed by atoms with van der Waals surface area (Å²) in [5.41, 5.74) is 3.20. The second-order valence-electron chi connectivity index (χ2n) is 7.25. The van der Waals surface area contributed by atoms with Gasteiger partial charge in [-0.3, -0.25) is 19.2 Å². The van der Waals surface area contributed by atoms with Crippen LogP contribution < -0.4 is 10.6 Å². The van der Waals surface area contributed by atoms with Crippen LogP contribution in [0, 0.1) is 6.92 Å². The fraction of sp³-hybridized carbons (Fsp3) is 0.273. The maximum Gasteiger partial charge on any atom is 0.312 e. The van der Waals surface area contributed by atoms with Crippen molar-refractivity contribution in [3.8, 4) is 0 Å². The number of hydrogen-bond acceptors (Lipinski definition) is 4. The lowest BCUT2D eigenvalue weighted by Gasteiger charge is -2.33. The van der Waals surface area contributed by atoms with E-state index in [0.717, 1.165) is 11.1 Å². The Kier molecular flexibility index (Phi) is 6.46. The van der Waals surface area contributed by atoms with Crippen molar-refractivity contribution in [2.75, 3.05) is 30.3 Å². The standard InChI is InChI=1S/C22H24N4O4/c1-15-4-3-5-17(12-15)13-25-10-11-26(22(30)21(25)29)14-20(28)24-19-8-6-18(7-9-19)23-16(2)27/h3-9,12H,10-11,13-14H2,1-2H3,(H,23,27)(H,24,28). The minimum Gasteiger partial charge on any atom is -0.328 e. The summed E-state index contributed by atoms with van der Waals surface area (Å²) in [6, 6.07) is 14.4. The van der Waals surface area contributed by atoms with Gasteiger partial charge in [-0.05, 0) is 36.8 Å². The molecule has 0 saturated carbocycles. The molecule has 2 aromatic rings. The molecule has 0 bridgehead atoms. The number of nitrogens with zero attached hydrogens (tertiary/aromatic N) is 2. The van der Waals surface area contributed by atoms with Gasteiger partial charge in [-0.2, -0.15) is 0 Å². The van der Waals surface area contributed by atoms with E-state index in [0.29, 0.717) is 31.0 Å². The maximum atomic E-state index is 12.5. The first-order chi connectivity index (χ1) is 14.3. The summed E-state index contributed by atoms with van der Waals surface area (Å²) in [4.78, 5) is 51.0. The van der Waals surface area contributed by atoms with Crippen LogP contribution >= 0.6 is 0 Å². The van der Waals surface area contributed by atoms with E-state index < -0.39 is 17.7 Å². The Morgan fingerprint density at radius 1 is 0.900 bits per heavy atom. The van der Waals surface area contributed by atoms with Crippen LogP contribution in [-0.2, 0) is 25.7 Å². The van der Waals surface area contributed by atoms with Crippen molar-refractivity contribution in [3.05, 3.63) is 59.7 Å². The predicted molar refractivity (Wildman–Crippen MR) is 113 cm³/mol. The lowest BCUT2D eigenvalue weighted by molar-refractivity contribution is -0.157. The Balaban J connectivity index is 1.53. The Labute approximate surface area is 174 Å². The SMILES string of the molecule is CC(=O)Nc1ccc(NC(=O)CN2CCN(Cc3cccc(C)c3)C(=O)C2=O)cc1.